The molecule has 0 aromatic rings. The standard InChI is InChI=1S/C12H24N2O2S/c1-11(2)3-6-14(7-4-11)12(9-13)5-8-17(15,16)10-12/h3-10,13H2,1-2H3. The van der Waals surface area contributed by atoms with Crippen molar-refractivity contribution in [2.75, 3.05) is 31.1 Å². The molecule has 0 saturated carbocycles. The first-order valence-electron chi connectivity index (χ1n) is 6.44. The Morgan fingerprint density at radius 2 is 1.76 bits per heavy atom. The summed E-state index contributed by atoms with van der Waals surface area (Å²) < 4.78 is 23.4. The topological polar surface area (TPSA) is 63.4 Å². The van der Waals surface area contributed by atoms with Crippen LogP contribution in [-0.2, 0) is 9.84 Å². The zero-order valence-corrected chi connectivity index (χ0v) is 11.7. The maximum atomic E-state index is 11.7. The summed E-state index contributed by atoms with van der Waals surface area (Å²) in [6.45, 7) is 7.00. The number of likely N-dealkylation sites (tertiary alicyclic amines) is 1. The number of nitrogens with zero attached hydrogens (tertiary/aromatic N) is 1. The van der Waals surface area contributed by atoms with Gasteiger partial charge in [-0.05, 0) is 37.8 Å². The average molecular weight is 260 g/mol. The minimum Gasteiger partial charge on any atom is -0.329 e. The second-order valence-corrected chi connectivity index (χ2v) is 8.61. The normalized spacial score (nSPS) is 37.1. The second-order valence-electron chi connectivity index (χ2n) is 6.42. The predicted octanol–water partition coefficient (Wildman–Crippen LogP) is 0.624. The van der Waals surface area contributed by atoms with E-state index in [-0.39, 0.29) is 11.3 Å². The fourth-order valence-corrected chi connectivity index (χ4v) is 5.12. The van der Waals surface area contributed by atoms with Gasteiger partial charge in [-0.3, -0.25) is 4.90 Å². The maximum Gasteiger partial charge on any atom is 0.152 e. The molecule has 0 amide bonds. The maximum absolute atomic E-state index is 11.7. The molecule has 0 radical (unpaired) electrons. The summed E-state index contributed by atoms with van der Waals surface area (Å²) in [5.41, 5.74) is 6.01. The fourth-order valence-electron chi connectivity index (χ4n) is 3.03. The van der Waals surface area contributed by atoms with E-state index < -0.39 is 9.84 Å². The summed E-state index contributed by atoms with van der Waals surface area (Å²) >= 11 is 0. The molecular weight excluding hydrogens is 236 g/mol. The molecule has 0 aromatic heterocycles. The van der Waals surface area contributed by atoms with E-state index in [1.54, 1.807) is 0 Å². The zero-order valence-electron chi connectivity index (χ0n) is 10.9. The quantitative estimate of drug-likeness (QED) is 0.791. The third kappa shape index (κ3) is 2.66. The number of hydrogen-bond acceptors (Lipinski definition) is 4. The van der Waals surface area contributed by atoms with E-state index in [2.05, 4.69) is 18.7 Å². The van der Waals surface area contributed by atoms with Crippen LogP contribution in [0.2, 0.25) is 0 Å². The van der Waals surface area contributed by atoms with E-state index in [0.29, 0.717) is 24.1 Å². The van der Waals surface area contributed by atoms with Crippen molar-refractivity contribution in [1.29, 1.82) is 0 Å². The number of rotatable bonds is 2. The lowest BCUT2D eigenvalue weighted by Crippen LogP contribution is -2.58. The lowest BCUT2D eigenvalue weighted by molar-refractivity contribution is 0.0470. The largest absolute Gasteiger partial charge is 0.329 e. The zero-order chi connectivity index (χ0) is 12.7. The van der Waals surface area contributed by atoms with Gasteiger partial charge >= 0.3 is 0 Å². The number of nitrogens with two attached hydrogens (primary N) is 1. The Kier molecular flexibility index (Phi) is 3.30. The molecule has 2 rings (SSSR count). The van der Waals surface area contributed by atoms with Gasteiger partial charge in [-0.2, -0.15) is 0 Å². The number of sulfone groups is 1. The summed E-state index contributed by atoms with van der Waals surface area (Å²) in [7, 11) is -2.87. The van der Waals surface area contributed by atoms with Gasteiger partial charge < -0.3 is 5.73 Å². The van der Waals surface area contributed by atoms with E-state index in [1.807, 2.05) is 0 Å². The summed E-state index contributed by atoms with van der Waals surface area (Å²) in [4.78, 5) is 2.34. The Labute approximate surface area is 104 Å². The molecule has 0 aliphatic carbocycles. The van der Waals surface area contributed by atoms with E-state index in [9.17, 15) is 8.42 Å². The van der Waals surface area contributed by atoms with E-state index in [1.165, 1.54) is 0 Å². The molecule has 0 spiro atoms. The van der Waals surface area contributed by atoms with Crippen LogP contribution in [0, 0.1) is 5.41 Å². The summed E-state index contributed by atoms with van der Waals surface area (Å²) in [6, 6.07) is 0. The van der Waals surface area contributed by atoms with Crippen molar-refractivity contribution in [1.82, 2.24) is 4.90 Å². The van der Waals surface area contributed by atoms with Crippen molar-refractivity contribution in [2.45, 2.75) is 38.6 Å². The van der Waals surface area contributed by atoms with Gasteiger partial charge in [0.05, 0.1) is 11.5 Å². The van der Waals surface area contributed by atoms with Crippen LogP contribution >= 0.6 is 0 Å². The first-order chi connectivity index (χ1) is 7.79. The lowest BCUT2D eigenvalue weighted by Gasteiger charge is -2.46. The summed E-state index contributed by atoms with van der Waals surface area (Å²) in [5.74, 6) is 0.570. The predicted molar refractivity (Wildman–Crippen MR) is 69.6 cm³/mol. The SMILES string of the molecule is CC1(C)CCN(C2(CN)CCS(=O)(=O)C2)CC1. The van der Waals surface area contributed by atoms with E-state index in [0.717, 1.165) is 25.9 Å². The van der Waals surface area contributed by atoms with Crippen LogP contribution in [0.25, 0.3) is 0 Å². The van der Waals surface area contributed by atoms with Gasteiger partial charge in [-0.1, -0.05) is 13.8 Å². The highest BCUT2D eigenvalue weighted by Gasteiger charge is 2.46. The number of piperidine rings is 1. The molecule has 1 unspecified atom stereocenters. The molecule has 2 N–H and O–H groups in total. The van der Waals surface area contributed by atoms with Crippen LogP contribution in [0.4, 0.5) is 0 Å². The summed E-state index contributed by atoms with van der Waals surface area (Å²) in [5, 5.41) is 0. The van der Waals surface area contributed by atoms with Crippen molar-refractivity contribution in [3.05, 3.63) is 0 Å². The molecule has 2 aliphatic heterocycles. The van der Waals surface area contributed by atoms with Crippen molar-refractivity contribution in [3.63, 3.8) is 0 Å². The summed E-state index contributed by atoms with van der Waals surface area (Å²) in [6.07, 6.45) is 2.98. The highest BCUT2D eigenvalue weighted by molar-refractivity contribution is 7.91. The molecular formula is C12H24N2O2S. The van der Waals surface area contributed by atoms with Gasteiger partial charge in [0.15, 0.2) is 9.84 Å². The Morgan fingerprint density at radius 1 is 1.18 bits per heavy atom. The minimum absolute atomic E-state index is 0.261. The average Bonchev–Trinajstić information content (AvgIpc) is 2.55. The van der Waals surface area contributed by atoms with E-state index in [4.69, 9.17) is 5.73 Å². The van der Waals surface area contributed by atoms with Crippen LogP contribution in [-0.4, -0.2) is 50.0 Å². The molecule has 0 bridgehead atoms. The first kappa shape index (κ1) is 13.3. The van der Waals surface area contributed by atoms with Crippen LogP contribution in [0.1, 0.15) is 33.1 Å². The highest BCUT2D eigenvalue weighted by Crippen LogP contribution is 2.36. The molecule has 2 fully saturated rings. The molecule has 17 heavy (non-hydrogen) atoms. The highest BCUT2D eigenvalue weighted by atomic mass is 32.2. The Bertz CT molecular complexity index is 381. The van der Waals surface area contributed by atoms with Crippen molar-refractivity contribution >= 4 is 9.84 Å². The Balaban J connectivity index is 2.11. The van der Waals surface area contributed by atoms with Gasteiger partial charge in [0, 0.05) is 12.1 Å². The first-order valence-corrected chi connectivity index (χ1v) is 8.26. The van der Waals surface area contributed by atoms with Gasteiger partial charge in [0.25, 0.3) is 0 Å². The third-order valence-corrected chi connectivity index (χ3v) is 6.34. The Hall–Kier alpha value is -0.130. The third-order valence-electron chi connectivity index (χ3n) is 4.53. The monoisotopic (exact) mass is 260 g/mol. The van der Waals surface area contributed by atoms with Crippen LogP contribution < -0.4 is 5.73 Å². The van der Waals surface area contributed by atoms with Crippen LogP contribution in [0.5, 0.6) is 0 Å². The fraction of sp³-hybridized carbons (Fsp3) is 1.00. The van der Waals surface area contributed by atoms with Crippen LogP contribution in [0.15, 0.2) is 0 Å². The molecule has 4 nitrogen and oxygen atoms in total. The molecule has 0 aromatic carbocycles. The van der Waals surface area contributed by atoms with Gasteiger partial charge in [0.2, 0.25) is 0 Å². The van der Waals surface area contributed by atoms with Gasteiger partial charge in [-0.25, -0.2) is 8.42 Å². The molecule has 2 heterocycles. The van der Waals surface area contributed by atoms with Gasteiger partial charge in [-0.15, -0.1) is 0 Å². The smallest absolute Gasteiger partial charge is 0.152 e. The van der Waals surface area contributed by atoms with Gasteiger partial charge in [0.1, 0.15) is 0 Å². The molecule has 2 saturated heterocycles. The van der Waals surface area contributed by atoms with Crippen molar-refractivity contribution < 1.29 is 8.42 Å². The minimum atomic E-state index is -2.87. The Morgan fingerprint density at radius 3 is 2.18 bits per heavy atom. The second kappa shape index (κ2) is 4.21. The van der Waals surface area contributed by atoms with Crippen LogP contribution in [0.3, 0.4) is 0 Å². The van der Waals surface area contributed by atoms with Crippen molar-refractivity contribution in [2.24, 2.45) is 11.1 Å². The van der Waals surface area contributed by atoms with E-state index >= 15 is 0 Å². The number of hydrogen-bond donors (Lipinski definition) is 1. The lowest BCUT2D eigenvalue weighted by atomic mass is 9.80. The van der Waals surface area contributed by atoms with Crippen molar-refractivity contribution in [3.8, 4) is 0 Å². The molecule has 1 atom stereocenters. The molecule has 100 valence electrons. The molecule has 2 aliphatic rings. The molecule has 5 heteroatoms.